The predicted octanol–water partition coefficient (Wildman–Crippen LogP) is 6.05. The van der Waals surface area contributed by atoms with Crippen LogP contribution in [0.3, 0.4) is 0 Å². The number of likely N-dealkylation sites (tertiary alicyclic amines) is 1. The Bertz CT molecular complexity index is 1200. The molecular weight excluding hydrogens is 547 g/mol. The third kappa shape index (κ3) is 5.37. The molecule has 0 bridgehead atoms. The van der Waals surface area contributed by atoms with Crippen LogP contribution in [-0.4, -0.2) is 65.2 Å². The molecule has 5 rings (SSSR count). The van der Waals surface area contributed by atoms with E-state index in [1.54, 1.807) is 13.1 Å². The summed E-state index contributed by atoms with van der Waals surface area (Å²) in [4.78, 5) is 25.7. The number of benzene rings is 1. The molecular formula is C27H35Cl3N6O2. The van der Waals surface area contributed by atoms with Crippen molar-refractivity contribution in [3.63, 3.8) is 0 Å². The van der Waals surface area contributed by atoms with Crippen molar-refractivity contribution in [3.8, 4) is 0 Å². The quantitative estimate of drug-likeness (QED) is 0.347. The van der Waals surface area contributed by atoms with Gasteiger partial charge in [-0.15, -0.1) is 0 Å². The second-order valence-corrected chi connectivity index (χ2v) is 12.5. The lowest BCUT2D eigenvalue weighted by molar-refractivity contribution is -0.158. The Morgan fingerprint density at radius 2 is 1.84 bits per heavy atom. The molecule has 0 spiro atoms. The smallest absolute Gasteiger partial charge is 0.309 e. The summed E-state index contributed by atoms with van der Waals surface area (Å²) in [6.45, 7) is 7.80. The number of halogens is 3. The molecule has 1 saturated carbocycles. The lowest BCUT2D eigenvalue weighted by atomic mass is 9.65. The highest BCUT2D eigenvalue weighted by molar-refractivity contribution is 6.35. The van der Waals surface area contributed by atoms with Crippen molar-refractivity contribution in [1.82, 2.24) is 14.9 Å². The van der Waals surface area contributed by atoms with Gasteiger partial charge in [-0.25, -0.2) is 0 Å². The molecule has 2 saturated heterocycles. The molecule has 8 nitrogen and oxygen atoms in total. The Morgan fingerprint density at radius 1 is 1.13 bits per heavy atom. The van der Waals surface area contributed by atoms with Gasteiger partial charge >= 0.3 is 5.97 Å². The van der Waals surface area contributed by atoms with Crippen LogP contribution < -0.4 is 15.5 Å². The largest absolute Gasteiger partial charge is 0.481 e. The van der Waals surface area contributed by atoms with Gasteiger partial charge in [0.05, 0.1) is 11.5 Å². The summed E-state index contributed by atoms with van der Waals surface area (Å²) in [7, 11) is 1.80. The number of nitrogens with zero attached hydrogens (tertiary/aromatic N) is 4. The van der Waals surface area contributed by atoms with Crippen LogP contribution in [0.5, 0.6) is 0 Å². The Hall–Kier alpha value is -2.00. The van der Waals surface area contributed by atoms with Crippen LogP contribution >= 0.6 is 34.8 Å². The second kappa shape index (κ2) is 10.9. The van der Waals surface area contributed by atoms with E-state index in [0.717, 1.165) is 44.6 Å². The summed E-state index contributed by atoms with van der Waals surface area (Å²) in [5.41, 5.74) is 0.350. The fourth-order valence-corrected chi connectivity index (χ4v) is 6.92. The molecule has 1 aromatic carbocycles. The van der Waals surface area contributed by atoms with E-state index in [-0.39, 0.29) is 6.04 Å². The molecule has 1 aliphatic carbocycles. The van der Waals surface area contributed by atoms with Gasteiger partial charge in [-0.05, 0) is 75.6 Å². The van der Waals surface area contributed by atoms with Crippen molar-refractivity contribution >= 4 is 58.4 Å². The highest BCUT2D eigenvalue weighted by Gasteiger charge is 2.49. The molecule has 1 unspecified atom stereocenters. The van der Waals surface area contributed by atoms with E-state index in [1.807, 2.05) is 26.0 Å². The molecule has 2 aromatic rings. The molecule has 0 radical (unpaired) electrons. The van der Waals surface area contributed by atoms with Crippen LogP contribution in [0.25, 0.3) is 0 Å². The van der Waals surface area contributed by atoms with Gasteiger partial charge in [0.2, 0.25) is 5.95 Å². The molecule has 206 valence electrons. The molecule has 11 heteroatoms. The van der Waals surface area contributed by atoms with Gasteiger partial charge in [-0.1, -0.05) is 40.9 Å². The Balaban J connectivity index is 1.23. The van der Waals surface area contributed by atoms with Crippen LogP contribution in [0.1, 0.15) is 51.1 Å². The summed E-state index contributed by atoms with van der Waals surface area (Å²) in [5.74, 6) is 2.29. The second-order valence-electron chi connectivity index (χ2n) is 11.3. The predicted molar refractivity (Wildman–Crippen MR) is 154 cm³/mol. The molecule has 2 aliphatic heterocycles. The fraction of sp³-hybridized carbons (Fsp3) is 0.593. The molecule has 38 heavy (non-hydrogen) atoms. The van der Waals surface area contributed by atoms with Crippen molar-refractivity contribution in [3.05, 3.63) is 38.8 Å². The number of rotatable bonds is 8. The number of hydrogen-bond donors (Lipinski definition) is 3. The Labute approximate surface area is 239 Å². The van der Waals surface area contributed by atoms with E-state index in [1.165, 1.54) is 12.8 Å². The van der Waals surface area contributed by atoms with Gasteiger partial charge < -0.3 is 25.5 Å². The third-order valence-electron chi connectivity index (χ3n) is 8.61. The fourth-order valence-electron chi connectivity index (χ4n) is 6.12. The number of carboxylic acids is 1. The van der Waals surface area contributed by atoms with Crippen LogP contribution in [0, 0.1) is 17.3 Å². The minimum absolute atomic E-state index is 0.142. The Kier molecular flexibility index (Phi) is 7.89. The zero-order chi connectivity index (χ0) is 27.2. The number of anilines is 3. The number of hydrogen-bond acceptors (Lipinski definition) is 7. The van der Waals surface area contributed by atoms with Gasteiger partial charge in [0, 0.05) is 42.8 Å². The van der Waals surface area contributed by atoms with Crippen molar-refractivity contribution in [1.29, 1.82) is 0 Å². The lowest BCUT2D eigenvalue weighted by Crippen LogP contribution is -2.58. The van der Waals surface area contributed by atoms with Gasteiger partial charge in [-0.2, -0.15) is 9.97 Å². The highest BCUT2D eigenvalue weighted by Crippen LogP contribution is 2.45. The van der Waals surface area contributed by atoms with Crippen molar-refractivity contribution in [2.24, 2.45) is 17.3 Å². The summed E-state index contributed by atoms with van der Waals surface area (Å²) in [6, 6.07) is 5.70. The number of aliphatic carboxylic acids is 1. The van der Waals surface area contributed by atoms with Gasteiger partial charge in [0.25, 0.3) is 0 Å². The summed E-state index contributed by atoms with van der Waals surface area (Å²) in [6.07, 6.45) is 3.90. The van der Waals surface area contributed by atoms with E-state index in [2.05, 4.69) is 25.4 Å². The van der Waals surface area contributed by atoms with Crippen LogP contribution in [-0.2, 0) is 4.79 Å². The maximum Gasteiger partial charge on any atom is 0.309 e. The standard InChI is InChI=1S/C27H35Cl3N6O2/c1-15(20-7-6-18(28)9-21(20)29)32-24-22(30)23(31-3)33-26(34-24)36-13-17(14-36)16-5-4-8-35(12-16)19-10-27(2,11-19)25(37)38/h6-7,9,15-17,19H,4-5,8,10-14H2,1-3H3,(H,37,38)(H2,31,32,33,34)/t15-,16?,19?,27?/m1/s1. The van der Waals surface area contributed by atoms with Crippen LogP contribution in [0.15, 0.2) is 18.2 Å². The van der Waals surface area contributed by atoms with E-state index in [9.17, 15) is 9.90 Å². The van der Waals surface area contributed by atoms with E-state index in [4.69, 9.17) is 39.8 Å². The van der Waals surface area contributed by atoms with Crippen LogP contribution in [0.2, 0.25) is 15.1 Å². The molecule has 3 N–H and O–H groups in total. The minimum Gasteiger partial charge on any atom is -0.481 e. The molecule has 2 atom stereocenters. The first-order chi connectivity index (χ1) is 18.1. The topological polar surface area (TPSA) is 93.6 Å². The molecule has 3 heterocycles. The number of carbonyl (C=O) groups is 1. The minimum atomic E-state index is -0.666. The van der Waals surface area contributed by atoms with E-state index < -0.39 is 11.4 Å². The highest BCUT2D eigenvalue weighted by atomic mass is 35.5. The number of piperidine rings is 1. The summed E-state index contributed by atoms with van der Waals surface area (Å²) < 4.78 is 0. The van der Waals surface area contributed by atoms with Crippen molar-refractivity contribution in [2.75, 3.05) is 48.8 Å². The van der Waals surface area contributed by atoms with Gasteiger partial charge in [0.1, 0.15) is 5.02 Å². The van der Waals surface area contributed by atoms with Gasteiger partial charge in [0.15, 0.2) is 11.6 Å². The van der Waals surface area contributed by atoms with E-state index >= 15 is 0 Å². The monoisotopic (exact) mass is 580 g/mol. The Morgan fingerprint density at radius 3 is 2.50 bits per heavy atom. The normalized spacial score (nSPS) is 26.8. The first kappa shape index (κ1) is 27.6. The first-order valence-electron chi connectivity index (χ1n) is 13.3. The summed E-state index contributed by atoms with van der Waals surface area (Å²) in [5, 5.41) is 17.6. The van der Waals surface area contributed by atoms with Crippen LogP contribution in [0.4, 0.5) is 17.6 Å². The average molecular weight is 582 g/mol. The lowest BCUT2D eigenvalue weighted by Gasteiger charge is -2.52. The molecule has 1 aromatic heterocycles. The van der Waals surface area contributed by atoms with Crippen molar-refractivity contribution < 1.29 is 9.90 Å². The maximum absolute atomic E-state index is 11.5. The van der Waals surface area contributed by atoms with Gasteiger partial charge in [-0.3, -0.25) is 4.79 Å². The first-order valence-corrected chi connectivity index (χ1v) is 14.4. The number of carboxylic acid groups (broad SMARTS) is 1. The number of nitrogens with one attached hydrogen (secondary N) is 2. The maximum atomic E-state index is 11.5. The number of aromatic nitrogens is 2. The molecule has 0 amide bonds. The zero-order valence-corrected chi connectivity index (χ0v) is 24.2. The summed E-state index contributed by atoms with van der Waals surface area (Å²) >= 11 is 19.1. The van der Waals surface area contributed by atoms with Crippen molar-refractivity contribution in [2.45, 2.75) is 51.6 Å². The van der Waals surface area contributed by atoms with E-state index in [0.29, 0.717) is 50.5 Å². The SMILES string of the molecule is CNc1nc(N2CC(C3CCCN(C4CC(C)(C(=O)O)C4)C3)C2)nc(N[C@H](C)c2ccc(Cl)cc2Cl)c1Cl. The average Bonchev–Trinajstić information content (AvgIpc) is 2.82. The third-order valence-corrected chi connectivity index (χ3v) is 9.53. The molecule has 3 fully saturated rings. The molecule has 3 aliphatic rings. The zero-order valence-electron chi connectivity index (χ0n) is 22.0.